The summed E-state index contributed by atoms with van der Waals surface area (Å²) in [5, 5.41) is 3.31. The van der Waals surface area contributed by atoms with Gasteiger partial charge in [0.25, 0.3) is 0 Å². The van der Waals surface area contributed by atoms with Crippen LogP contribution in [0.4, 0.5) is 0 Å². The Balaban J connectivity index is 0.000000423. The van der Waals surface area contributed by atoms with Gasteiger partial charge < -0.3 is 5.32 Å². The molecule has 0 aliphatic rings. The molecular weight excluding hydrogens is 182 g/mol. The molecule has 0 radical (unpaired) electrons. The Labute approximate surface area is 94.9 Å². The zero-order valence-corrected chi connectivity index (χ0v) is 10.8. The highest BCUT2D eigenvalue weighted by Crippen LogP contribution is 2.05. The van der Waals surface area contributed by atoms with Gasteiger partial charge in [-0.3, -0.25) is 0 Å². The van der Waals surface area contributed by atoms with Crippen LogP contribution in [-0.4, -0.2) is 6.54 Å². The van der Waals surface area contributed by atoms with Gasteiger partial charge in [-0.05, 0) is 30.5 Å². The van der Waals surface area contributed by atoms with Crippen LogP contribution in [-0.2, 0) is 6.54 Å². The average Bonchev–Trinajstić information content (AvgIpc) is 2.16. The molecule has 0 saturated heterocycles. The van der Waals surface area contributed by atoms with E-state index in [0.717, 1.165) is 19.0 Å². The van der Waals surface area contributed by atoms with Gasteiger partial charge in [-0.1, -0.05) is 52.0 Å². The third kappa shape index (κ3) is 8.19. The van der Waals surface area contributed by atoms with Crippen LogP contribution in [0.2, 0.25) is 0 Å². The number of rotatable bonds is 3. The molecule has 1 aromatic carbocycles. The van der Waals surface area contributed by atoms with E-state index in [9.17, 15) is 0 Å². The second kappa shape index (κ2) is 8.49. The van der Waals surface area contributed by atoms with Crippen LogP contribution < -0.4 is 5.32 Å². The summed E-state index contributed by atoms with van der Waals surface area (Å²) in [5.74, 6) is 0.833. The third-order valence-electron chi connectivity index (χ3n) is 1.83. The largest absolute Gasteiger partial charge is 0.313 e. The van der Waals surface area contributed by atoms with E-state index >= 15 is 0 Å². The van der Waals surface area contributed by atoms with Gasteiger partial charge in [0.15, 0.2) is 0 Å². The SMILES string of the molecule is CC(C)C.CCNCc1ccccc1C. The number of hydrogen-bond donors (Lipinski definition) is 1. The molecule has 1 nitrogen and oxygen atoms in total. The van der Waals surface area contributed by atoms with Crippen LogP contribution in [0.5, 0.6) is 0 Å². The van der Waals surface area contributed by atoms with Gasteiger partial charge in [0.05, 0.1) is 0 Å². The molecule has 0 saturated carbocycles. The Morgan fingerprint density at radius 2 is 1.67 bits per heavy atom. The topological polar surface area (TPSA) is 12.0 Å². The van der Waals surface area contributed by atoms with Crippen molar-refractivity contribution in [3.8, 4) is 0 Å². The van der Waals surface area contributed by atoms with Gasteiger partial charge in [0.1, 0.15) is 0 Å². The molecule has 0 aliphatic heterocycles. The zero-order valence-electron chi connectivity index (χ0n) is 10.8. The van der Waals surface area contributed by atoms with Crippen LogP contribution in [0.15, 0.2) is 24.3 Å². The van der Waals surface area contributed by atoms with E-state index in [-0.39, 0.29) is 0 Å². The van der Waals surface area contributed by atoms with Gasteiger partial charge in [0.2, 0.25) is 0 Å². The van der Waals surface area contributed by atoms with Crippen molar-refractivity contribution in [2.45, 2.75) is 41.2 Å². The molecule has 0 aromatic heterocycles. The van der Waals surface area contributed by atoms with E-state index in [0.29, 0.717) is 0 Å². The van der Waals surface area contributed by atoms with Crippen molar-refractivity contribution < 1.29 is 0 Å². The highest BCUT2D eigenvalue weighted by Gasteiger charge is 1.93. The van der Waals surface area contributed by atoms with Gasteiger partial charge >= 0.3 is 0 Å². The summed E-state index contributed by atoms with van der Waals surface area (Å²) < 4.78 is 0. The predicted octanol–water partition coefficient (Wildman–Crippen LogP) is 3.77. The van der Waals surface area contributed by atoms with Crippen molar-refractivity contribution in [2.75, 3.05) is 6.54 Å². The molecule has 0 amide bonds. The monoisotopic (exact) mass is 207 g/mol. The molecule has 0 heterocycles. The third-order valence-corrected chi connectivity index (χ3v) is 1.83. The van der Waals surface area contributed by atoms with Crippen LogP contribution in [0.1, 0.15) is 38.8 Å². The lowest BCUT2D eigenvalue weighted by molar-refractivity contribution is 0.723. The maximum Gasteiger partial charge on any atom is 0.0208 e. The van der Waals surface area contributed by atoms with E-state index in [1.54, 1.807) is 0 Å². The molecule has 86 valence electrons. The highest BCUT2D eigenvalue weighted by molar-refractivity contribution is 5.25. The minimum absolute atomic E-state index is 0.833. The molecule has 0 unspecified atom stereocenters. The fraction of sp³-hybridized carbons (Fsp3) is 0.571. The minimum atomic E-state index is 0.833. The van der Waals surface area contributed by atoms with Crippen molar-refractivity contribution in [1.29, 1.82) is 0 Å². The molecule has 15 heavy (non-hydrogen) atoms. The van der Waals surface area contributed by atoms with Crippen molar-refractivity contribution in [3.05, 3.63) is 35.4 Å². The molecule has 1 aromatic rings. The van der Waals surface area contributed by atoms with Crippen molar-refractivity contribution in [1.82, 2.24) is 5.32 Å². The minimum Gasteiger partial charge on any atom is -0.313 e. The summed E-state index contributed by atoms with van der Waals surface area (Å²) in [6, 6.07) is 8.47. The lowest BCUT2D eigenvalue weighted by Crippen LogP contribution is -2.12. The summed E-state index contributed by atoms with van der Waals surface area (Å²) >= 11 is 0. The Morgan fingerprint density at radius 3 is 2.13 bits per heavy atom. The maximum absolute atomic E-state index is 3.31. The van der Waals surface area contributed by atoms with Gasteiger partial charge in [-0.2, -0.15) is 0 Å². The zero-order chi connectivity index (χ0) is 11.7. The standard InChI is InChI=1S/C10H15N.C4H10/c1-3-11-8-10-7-5-4-6-9(10)2;1-4(2)3/h4-7,11H,3,8H2,1-2H3;4H,1-3H3. The normalized spacial score (nSPS) is 9.73. The van der Waals surface area contributed by atoms with Crippen LogP contribution >= 0.6 is 0 Å². The summed E-state index contributed by atoms with van der Waals surface area (Å²) in [7, 11) is 0. The van der Waals surface area contributed by atoms with E-state index in [1.807, 2.05) is 0 Å². The van der Waals surface area contributed by atoms with Gasteiger partial charge in [-0.15, -0.1) is 0 Å². The first-order valence-electron chi connectivity index (χ1n) is 5.83. The molecule has 0 spiro atoms. The van der Waals surface area contributed by atoms with E-state index in [2.05, 4.69) is 64.2 Å². The van der Waals surface area contributed by atoms with E-state index < -0.39 is 0 Å². The Kier molecular flexibility index (Phi) is 8.02. The number of nitrogens with one attached hydrogen (secondary N) is 1. The average molecular weight is 207 g/mol. The molecule has 0 bridgehead atoms. The summed E-state index contributed by atoms with van der Waals surface area (Å²) in [6.45, 7) is 12.8. The smallest absolute Gasteiger partial charge is 0.0208 e. The highest BCUT2D eigenvalue weighted by atomic mass is 14.8. The quantitative estimate of drug-likeness (QED) is 0.795. The molecule has 1 heteroatoms. The fourth-order valence-electron chi connectivity index (χ4n) is 1.07. The lowest BCUT2D eigenvalue weighted by atomic mass is 10.1. The number of benzene rings is 1. The van der Waals surface area contributed by atoms with Crippen molar-refractivity contribution in [2.24, 2.45) is 5.92 Å². The lowest BCUT2D eigenvalue weighted by Gasteiger charge is -2.04. The molecule has 1 rings (SSSR count). The molecule has 0 aliphatic carbocycles. The number of aryl methyl sites for hydroxylation is 1. The summed E-state index contributed by atoms with van der Waals surface area (Å²) in [4.78, 5) is 0. The van der Waals surface area contributed by atoms with Crippen molar-refractivity contribution in [3.63, 3.8) is 0 Å². The Morgan fingerprint density at radius 1 is 1.13 bits per heavy atom. The van der Waals surface area contributed by atoms with E-state index in [1.165, 1.54) is 11.1 Å². The molecular formula is C14H25N. The van der Waals surface area contributed by atoms with Gasteiger partial charge in [0, 0.05) is 6.54 Å². The second-order valence-electron chi connectivity index (χ2n) is 4.44. The molecule has 0 atom stereocenters. The second-order valence-corrected chi connectivity index (χ2v) is 4.44. The molecule has 1 N–H and O–H groups in total. The van der Waals surface area contributed by atoms with Gasteiger partial charge in [-0.25, -0.2) is 0 Å². The first kappa shape index (κ1) is 14.2. The van der Waals surface area contributed by atoms with Crippen LogP contribution in [0.25, 0.3) is 0 Å². The Hall–Kier alpha value is -0.820. The summed E-state index contributed by atoms with van der Waals surface area (Å²) in [6.07, 6.45) is 0. The van der Waals surface area contributed by atoms with Crippen LogP contribution in [0.3, 0.4) is 0 Å². The van der Waals surface area contributed by atoms with E-state index in [4.69, 9.17) is 0 Å². The number of hydrogen-bond acceptors (Lipinski definition) is 1. The van der Waals surface area contributed by atoms with Crippen LogP contribution in [0, 0.1) is 12.8 Å². The summed E-state index contributed by atoms with van der Waals surface area (Å²) in [5.41, 5.74) is 2.77. The first-order valence-corrected chi connectivity index (χ1v) is 5.83. The predicted molar refractivity (Wildman–Crippen MR) is 69.1 cm³/mol. The fourth-order valence-corrected chi connectivity index (χ4v) is 1.07. The van der Waals surface area contributed by atoms with Crippen molar-refractivity contribution >= 4 is 0 Å². The Bertz CT molecular complexity index is 251. The first-order chi connectivity index (χ1) is 7.07. The maximum atomic E-state index is 3.31. The molecule has 0 fully saturated rings.